The molecule has 0 radical (unpaired) electrons. The third-order valence-corrected chi connectivity index (χ3v) is 4.67. The van der Waals surface area contributed by atoms with Gasteiger partial charge in [0.15, 0.2) is 0 Å². The van der Waals surface area contributed by atoms with Crippen LogP contribution in [0.5, 0.6) is 0 Å². The van der Waals surface area contributed by atoms with Gasteiger partial charge in [-0.05, 0) is 49.8 Å². The molecule has 2 bridgehead atoms. The maximum Gasteiger partial charge on any atom is 0.0718 e. The fourth-order valence-corrected chi connectivity index (χ4v) is 3.82. The Morgan fingerprint density at radius 1 is 1.33 bits per heavy atom. The van der Waals surface area contributed by atoms with Gasteiger partial charge in [-0.1, -0.05) is 23.7 Å². The van der Waals surface area contributed by atoms with E-state index in [1.807, 2.05) is 13.0 Å². The predicted molar refractivity (Wildman–Crippen MR) is 74.0 cm³/mol. The summed E-state index contributed by atoms with van der Waals surface area (Å²) in [6.45, 7) is 2.04. The van der Waals surface area contributed by atoms with Crippen LogP contribution >= 0.6 is 11.6 Å². The van der Waals surface area contributed by atoms with Gasteiger partial charge < -0.3 is 10.4 Å². The molecule has 0 saturated carbocycles. The normalized spacial score (nSPS) is 34.8. The molecule has 18 heavy (non-hydrogen) atoms. The Morgan fingerprint density at radius 2 is 2.00 bits per heavy atom. The Bertz CT molecular complexity index is 448. The molecule has 0 aromatic heterocycles. The summed E-state index contributed by atoms with van der Waals surface area (Å²) in [6, 6.07) is 7.10. The fourth-order valence-electron chi connectivity index (χ4n) is 3.52. The number of rotatable bonds is 2. The molecule has 2 fully saturated rings. The van der Waals surface area contributed by atoms with Crippen LogP contribution in [0.15, 0.2) is 18.2 Å². The number of hydrogen-bond acceptors (Lipinski definition) is 2. The van der Waals surface area contributed by atoms with E-state index in [-0.39, 0.29) is 0 Å². The van der Waals surface area contributed by atoms with Crippen LogP contribution in [0.25, 0.3) is 0 Å². The first-order chi connectivity index (χ1) is 8.54. The largest absolute Gasteiger partial charge is 0.389 e. The van der Waals surface area contributed by atoms with Crippen molar-refractivity contribution < 1.29 is 5.11 Å². The third-order valence-electron chi connectivity index (χ3n) is 4.32. The van der Waals surface area contributed by atoms with Crippen LogP contribution in [0, 0.1) is 6.92 Å². The molecule has 2 atom stereocenters. The van der Waals surface area contributed by atoms with Crippen molar-refractivity contribution in [3.05, 3.63) is 34.3 Å². The van der Waals surface area contributed by atoms with E-state index >= 15 is 0 Å². The van der Waals surface area contributed by atoms with Crippen molar-refractivity contribution in [3.8, 4) is 0 Å². The van der Waals surface area contributed by atoms with E-state index in [2.05, 4.69) is 17.4 Å². The molecule has 3 rings (SSSR count). The number of aliphatic hydroxyl groups is 1. The molecule has 2 nitrogen and oxygen atoms in total. The lowest BCUT2D eigenvalue weighted by atomic mass is 9.82. The Hall–Kier alpha value is -0.570. The molecule has 2 aliphatic rings. The number of piperidine rings is 1. The lowest BCUT2D eigenvalue weighted by Gasteiger charge is -2.37. The minimum absolute atomic E-state index is 0.498. The summed E-state index contributed by atoms with van der Waals surface area (Å²) in [5, 5.41) is 15.1. The molecule has 1 aromatic rings. The molecule has 0 spiro atoms. The van der Waals surface area contributed by atoms with Gasteiger partial charge in [0, 0.05) is 23.5 Å². The Balaban J connectivity index is 1.79. The van der Waals surface area contributed by atoms with Gasteiger partial charge in [0.05, 0.1) is 5.60 Å². The SMILES string of the molecule is Cc1ccc(CC2(O)CC3CCC(C2)N3)c(Cl)c1. The van der Waals surface area contributed by atoms with Crippen LogP contribution in [0.3, 0.4) is 0 Å². The van der Waals surface area contributed by atoms with Gasteiger partial charge in [-0.3, -0.25) is 0 Å². The summed E-state index contributed by atoms with van der Waals surface area (Å²) >= 11 is 6.27. The molecule has 2 heterocycles. The van der Waals surface area contributed by atoms with Crippen LogP contribution in [0.1, 0.15) is 36.8 Å². The second kappa shape index (κ2) is 4.52. The van der Waals surface area contributed by atoms with E-state index in [4.69, 9.17) is 11.6 Å². The maximum absolute atomic E-state index is 10.8. The van der Waals surface area contributed by atoms with Crippen molar-refractivity contribution in [1.29, 1.82) is 0 Å². The quantitative estimate of drug-likeness (QED) is 0.862. The standard InChI is InChI=1S/C15H20ClNO/c1-10-2-3-11(14(16)6-10)7-15(18)8-12-4-5-13(9-15)17-12/h2-3,6,12-13,17-18H,4-5,7-9H2,1H3. The molecular formula is C15H20ClNO. The van der Waals surface area contributed by atoms with Crippen LogP contribution < -0.4 is 5.32 Å². The number of halogens is 1. The lowest BCUT2D eigenvalue weighted by Crippen LogP contribution is -2.49. The van der Waals surface area contributed by atoms with Gasteiger partial charge >= 0.3 is 0 Å². The zero-order valence-corrected chi connectivity index (χ0v) is 11.5. The minimum Gasteiger partial charge on any atom is -0.389 e. The van der Waals surface area contributed by atoms with Gasteiger partial charge in [0.25, 0.3) is 0 Å². The molecule has 98 valence electrons. The van der Waals surface area contributed by atoms with E-state index in [9.17, 15) is 5.11 Å². The number of aryl methyl sites for hydroxylation is 1. The highest BCUT2D eigenvalue weighted by atomic mass is 35.5. The number of nitrogens with one attached hydrogen (secondary N) is 1. The van der Waals surface area contributed by atoms with E-state index in [1.54, 1.807) is 0 Å². The van der Waals surface area contributed by atoms with E-state index < -0.39 is 5.60 Å². The topological polar surface area (TPSA) is 32.3 Å². The van der Waals surface area contributed by atoms with E-state index in [1.165, 1.54) is 18.4 Å². The smallest absolute Gasteiger partial charge is 0.0718 e. The highest BCUT2D eigenvalue weighted by Crippen LogP contribution is 2.37. The van der Waals surface area contributed by atoms with Gasteiger partial charge in [-0.15, -0.1) is 0 Å². The van der Waals surface area contributed by atoms with Crippen molar-refractivity contribution in [2.45, 2.75) is 56.7 Å². The van der Waals surface area contributed by atoms with Crippen molar-refractivity contribution in [2.75, 3.05) is 0 Å². The molecule has 0 aliphatic carbocycles. The fraction of sp³-hybridized carbons (Fsp3) is 0.600. The summed E-state index contributed by atoms with van der Waals surface area (Å²) in [4.78, 5) is 0. The minimum atomic E-state index is -0.573. The lowest BCUT2D eigenvalue weighted by molar-refractivity contribution is -0.00607. The molecule has 2 aliphatic heterocycles. The monoisotopic (exact) mass is 265 g/mol. The molecule has 1 aromatic carbocycles. The zero-order valence-electron chi connectivity index (χ0n) is 10.7. The van der Waals surface area contributed by atoms with Crippen LogP contribution in [0.2, 0.25) is 5.02 Å². The summed E-state index contributed by atoms with van der Waals surface area (Å²) in [6.07, 6.45) is 4.80. The Kier molecular flexibility index (Phi) is 3.13. The second-order valence-electron chi connectivity index (χ2n) is 6.04. The van der Waals surface area contributed by atoms with Crippen LogP contribution in [-0.2, 0) is 6.42 Å². The average Bonchev–Trinajstić information content (AvgIpc) is 2.63. The maximum atomic E-state index is 10.8. The summed E-state index contributed by atoms with van der Waals surface area (Å²) < 4.78 is 0. The van der Waals surface area contributed by atoms with Gasteiger partial charge in [0.1, 0.15) is 0 Å². The summed E-state index contributed by atoms with van der Waals surface area (Å²) in [7, 11) is 0. The summed E-state index contributed by atoms with van der Waals surface area (Å²) in [5.41, 5.74) is 1.67. The van der Waals surface area contributed by atoms with E-state index in [0.29, 0.717) is 18.5 Å². The van der Waals surface area contributed by atoms with Crippen LogP contribution in [-0.4, -0.2) is 22.8 Å². The zero-order chi connectivity index (χ0) is 12.8. The Labute approximate surface area is 113 Å². The van der Waals surface area contributed by atoms with Crippen molar-refractivity contribution in [3.63, 3.8) is 0 Å². The first-order valence-corrected chi connectivity index (χ1v) is 7.15. The first kappa shape index (κ1) is 12.5. The molecular weight excluding hydrogens is 246 g/mol. The molecule has 2 N–H and O–H groups in total. The van der Waals surface area contributed by atoms with E-state index in [0.717, 1.165) is 23.4 Å². The van der Waals surface area contributed by atoms with Gasteiger partial charge in [-0.25, -0.2) is 0 Å². The number of benzene rings is 1. The Morgan fingerprint density at radius 3 is 2.61 bits per heavy atom. The number of hydrogen-bond donors (Lipinski definition) is 2. The van der Waals surface area contributed by atoms with Gasteiger partial charge in [-0.2, -0.15) is 0 Å². The first-order valence-electron chi connectivity index (χ1n) is 6.78. The highest BCUT2D eigenvalue weighted by Gasteiger charge is 2.42. The second-order valence-corrected chi connectivity index (χ2v) is 6.45. The predicted octanol–water partition coefficient (Wildman–Crippen LogP) is 2.84. The molecule has 2 unspecified atom stereocenters. The average molecular weight is 266 g/mol. The van der Waals surface area contributed by atoms with Gasteiger partial charge in [0.2, 0.25) is 0 Å². The molecule has 2 saturated heterocycles. The molecule has 3 heteroatoms. The van der Waals surface area contributed by atoms with Crippen molar-refractivity contribution in [2.24, 2.45) is 0 Å². The third kappa shape index (κ3) is 2.42. The highest BCUT2D eigenvalue weighted by molar-refractivity contribution is 6.31. The number of fused-ring (bicyclic) bond motifs is 2. The molecule has 0 amide bonds. The summed E-state index contributed by atoms with van der Waals surface area (Å²) in [5.74, 6) is 0. The van der Waals surface area contributed by atoms with Crippen molar-refractivity contribution >= 4 is 11.6 Å². The van der Waals surface area contributed by atoms with Crippen molar-refractivity contribution in [1.82, 2.24) is 5.32 Å². The van der Waals surface area contributed by atoms with Crippen LogP contribution in [0.4, 0.5) is 0 Å².